The average Bonchev–Trinajstić information content (AvgIpc) is 2.76. The summed E-state index contributed by atoms with van der Waals surface area (Å²) in [6.07, 6.45) is 1.25. The predicted molar refractivity (Wildman–Crippen MR) is 76.4 cm³/mol. The third-order valence-corrected chi connectivity index (χ3v) is 5.30. The van der Waals surface area contributed by atoms with Gasteiger partial charge in [0.05, 0.1) is 6.04 Å². The van der Waals surface area contributed by atoms with E-state index in [0.717, 1.165) is 9.75 Å². The van der Waals surface area contributed by atoms with Gasteiger partial charge in [-0.3, -0.25) is 0 Å². The van der Waals surface area contributed by atoms with E-state index in [1.54, 1.807) is 11.3 Å². The maximum Gasteiger partial charge on any atom is 0.242 e. The topological polar surface area (TPSA) is 85.1 Å². The Balaban J connectivity index is 2.19. The predicted octanol–water partition coefficient (Wildman–Crippen LogP) is 2.07. The number of pyridine rings is 1. The molecule has 0 saturated heterocycles. The molecule has 3 N–H and O–H groups in total. The van der Waals surface area contributed by atoms with E-state index in [1.165, 1.54) is 18.3 Å². The van der Waals surface area contributed by atoms with Crippen LogP contribution in [0.2, 0.25) is 0 Å². The van der Waals surface area contributed by atoms with Crippen molar-refractivity contribution in [1.29, 1.82) is 0 Å². The summed E-state index contributed by atoms with van der Waals surface area (Å²) in [5, 5.41) is 0. The Bertz CT molecular complexity index is 663. The zero-order chi connectivity index (χ0) is 14.0. The van der Waals surface area contributed by atoms with E-state index in [1.807, 2.05) is 26.0 Å². The first kappa shape index (κ1) is 14.0. The first-order valence-corrected chi connectivity index (χ1v) is 7.98. The van der Waals surface area contributed by atoms with Crippen molar-refractivity contribution in [3.05, 3.63) is 40.2 Å². The fourth-order valence-corrected chi connectivity index (χ4v) is 3.72. The number of aromatic nitrogens is 1. The normalized spacial score (nSPS) is 13.4. The molecule has 1 atom stereocenters. The highest BCUT2D eigenvalue weighted by molar-refractivity contribution is 7.89. The monoisotopic (exact) mass is 297 g/mol. The summed E-state index contributed by atoms with van der Waals surface area (Å²) in [6.45, 7) is 3.80. The number of hydrogen-bond donors (Lipinski definition) is 2. The van der Waals surface area contributed by atoms with Gasteiger partial charge in [-0.15, -0.1) is 11.3 Å². The third-order valence-electron chi connectivity index (χ3n) is 2.59. The van der Waals surface area contributed by atoms with E-state index < -0.39 is 10.0 Å². The van der Waals surface area contributed by atoms with Crippen molar-refractivity contribution in [2.45, 2.75) is 24.8 Å². The molecule has 0 bridgehead atoms. The van der Waals surface area contributed by atoms with Gasteiger partial charge in [-0.2, -0.15) is 0 Å². The SMILES string of the molecule is Cc1ccc(C(C)NS(=O)(=O)c2ccc(N)nc2)s1. The average molecular weight is 297 g/mol. The fraction of sp³-hybridized carbons (Fsp3) is 0.250. The summed E-state index contributed by atoms with van der Waals surface area (Å²) in [6, 6.07) is 6.52. The summed E-state index contributed by atoms with van der Waals surface area (Å²) in [5.41, 5.74) is 5.44. The van der Waals surface area contributed by atoms with Crippen LogP contribution in [0, 0.1) is 6.92 Å². The molecule has 2 heterocycles. The first-order chi connectivity index (χ1) is 8.88. The highest BCUT2D eigenvalue weighted by Crippen LogP contribution is 2.24. The highest BCUT2D eigenvalue weighted by atomic mass is 32.2. The molecule has 1 unspecified atom stereocenters. The molecule has 7 heteroatoms. The van der Waals surface area contributed by atoms with Gasteiger partial charge in [0.2, 0.25) is 10.0 Å². The van der Waals surface area contributed by atoms with Crippen molar-refractivity contribution in [3.63, 3.8) is 0 Å². The second-order valence-electron chi connectivity index (χ2n) is 4.21. The molecule has 0 aliphatic carbocycles. The summed E-state index contributed by atoms with van der Waals surface area (Å²) in [4.78, 5) is 6.03. The summed E-state index contributed by atoms with van der Waals surface area (Å²) >= 11 is 1.57. The Morgan fingerprint density at radius 3 is 2.58 bits per heavy atom. The van der Waals surface area contributed by atoms with Crippen molar-refractivity contribution in [2.24, 2.45) is 0 Å². The number of nitrogens with zero attached hydrogens (tertiary/aromatic N) is 1. The van der Waals surface area contributed by atoms with Gasteiger partial charge in [0.1, 0.15) is 10.7 Å². The molecule has 5 nitrogen and oxygen atoms in total. The number of anilines is 1. The van der Waals surface area contributed by atoms with Gasteiger partial charge in [0.15, 0.2) is 0 Å². The lowest BCUT2D eigenvalue weighted by Gasteiger charge is -2.12. The number of rotatable bonds is 4. The van der Waals surface area contributed by atoms with Crippen LogP contribution in [0.4, 0.5) is 5.82 Å². The van der Waals surface area contributed by atoms with E-state index >= 15 is 0 Å². The minimum Gasteiger partial charge on any atom is -0.384 e. The smallest absolute Gasteiger partial charge is 0.242 e. The van der Waals surface area contributed by atoms with Gasteiger partial charge in [0, 0.05) is 16.0 Å². The van der Waals surface area contributed by atoms with Gasteiger partial charge in [-0.25, -0.2) is 18.1 Å². The molecule has 0 spiro atoms. The lowest BCUT2D eigenvalue weighted by Crippen LogP contribution is -2.26. The molecule has 102 valence electrons. The lowest BCUT2D eigenvalue weighted by atomic mass is 10.3. The van der Waals surface area contributed by atoms with Crippen LogP contribution in [0.25, 0.3) is 0 Å². The number of aryl methyl sites for hydroxylation is 1. The van der Waals surface area contributed by atoms with Crippen molar-refractivity contribution in [2.75, 3.05) is 5.73 Å². The Hall–Kier alpha value is -1.44. The van der Waals surface area contributed by atoms with Gasteiger partial charge in [-0.05, 0) is 38.1 Å². The molecule has 19 heavy (non-hydrogen) atoms. The molecule has 0 saturated carbocycles. The molecular weight excluding hydrogens is 282 g/mol. The maximum absolute atomic E-state index is 12.1. The zero-order valence-corrected chi connectivity index (χ0v) is 12.3. The van der Waals surface area contributed by atoms with E-state index in [-0.39, 0.29) is 10.9 Å². The largest absolute Gasteiger partial charge is 0.384 e. The van der Waals surface area contributed by atoms with E-state index in [9.17, 15) is 8.42 Å². The number of hydrogen-bond acceptors (Lipinski definition) is 5. The summed E-state index contributed by atoms with van der Waals surface area (Å²) in [7, 11) is -3.58. The molecule has 2 aromatic rings. The van der Waals surface area contributed by atoms with Gasteiger partial charge >= 0.3 is 0 Å². The van der Waals surface area contributed by atoms with Crippen molar-refractivity contribution in [3.8, 4) is 0 Å². The molecule has 0 aromatic carbocycles. The Morgan fingerprint density at radius 2 is 2.05 bits per heavy atom. The Labute approximate surface area is 116 Å². The van der Waals surface area contributed by atoms with Crippen LogP contribution in [-0.2, 0) is 10.0 Å². The number of nitrogens with one attached hydrogen (secondary N) is 1. The summed E-state index contributed by atoms with van der Waals surface area (Å²) in [5.74, 6) is 0.292. The van der Waals surface area contributed by atoms with Crippen LogP contribution in [0.15, 0.2) is 35.4 Å². The molecule has 2 aromatic heterocycles. The molecule has 0 radical (unpaired) electrons. The molecule has 0 aliphatic rings. The molecule has 2 rings (SSSR count). The number of sulfonamides is 1. The molecule has 0 aliphatic heterocycles. The van der Waals surface area contributed by atoms with Gasteiger partial charge in [0.25, 0.3) is 0 Å². The second-order valence-corrected chi connectivity index (χ2v) is 7.24. The minimum absolute atomic E-state index is 0.113. The van der Waals surface area contributed by atoms with Crippen molar-refractivity contribution >= 4 is 27.2 Å². The van der Waals surface area contributed by atoms with Gasteiger partial charge in [-0.1, -0.05) is 0 Å². The molecule has 0 amide bonds. The van der Waals surface area contributed by atoms with E-state index in [2.05, 4.69) is 9.71 Å². The van der Waals surface area contributed by atoms with Crippen LogP contribution in [0.3, 0.4) is 0 Å². The van der Waals surface area contributed by atoms with Crippen LogP contribution in [-0.4, -0.2) is 13.4 Å². The third kappa shape index (κ3) is 3.31. The van der Waals surface area contributed by atoms with Crippen LogP contribution in [0.5, 0.6) is 0 Å². The minimum atomic E-state index is -3.58. The molecular formula is C12H15N3O2S2. The number of nitrogens with two attached hydrogens (primary N) is 1. The fourth-order valence-electron chi connectivity index (χ4n) is 1.60. The van der Waals surface area contributed by atoms with Crippen LogP contribution in [0.1, 0.15) is 22.7 Å². The van der Waals surface area contributed by atoms with E-state index in [4.69, 9.17) is 5.73 Å². The maximum atomic E-state index is 12.1. The molecule has 0 fully saturated rings. The standard InChI is InChI=1S/C12H15N3O2S2/c1-8-3-5-11(18-8)9(2)15-19(16,17)10-4-6-12(13)14-7-10/h3-7,9,15H,1-2H3,(H2,13,14). The highest BCUT2D eigenvalue weighted by Gasteiger charge is 2.19. The van der Waals surface area contributed by atoms with E-state index in [0.29, 0.717) is 5.82 Å². The zero-order valence-electron chi connectivity index (χ0n) is 10.6. The quantitative estimate of drug-likeness (QED) is 0.904. The van der Waals surface area contributed by atoms with Crippen LogP contribution >= 0.6 is 11.3 Å². The van der Waals surface area contributed by atoms with Gasteiger partial charge < -0.3 is 5.73 Å². The van der Waals surface area contributed by atoms with Crippen molar-refractivity contribution < 1.29 is 8.42 Å². The van der Waals surface area contributed by atoms with Crippen LogP contribution < -0.4 is 10.5 Å². The number of nitrogen functional groups attached to an aromatic ring is 1. The first-order valence-electron chi connectivity index (χ1n) is 5.69. The lowest BCUT2D eigenvalue weighted by molar-refractivity contribution is 0.568. The summed E-state index contributed by atoms with van der Waals surface area (Å²) < 4.78 is 26.9. The Morgan fingerprint density at radius 1 is 1.32 bits per heavy atom. The second kappa shape index (κ2) is 5.28. The van der Waals surface area contributed by atoms with Crippen molar-refractivity contribution in [1.82, 2.24) is 9.71 Å². The Kier molecular flexibility index (Phi) is 3.88. The number of thiophene rings is 1.